The van der Waals surface area contributed by atoms with Crippen molar-refractivity contribution in [3.63, 3.8) is 0 Å². The molecular formula is C25H13N3O5. The van der Waals surface area contributed by atoms with E-state index in [2.05, 4.69) is 10.2 Å². The molecule has 33 heavy (non-hydrogen) atoms. The van der Waals surface area contributed by atoms with Gasteiger partial charge >= 0.3 is 6.01 Å². The smallest absolute Gasteiger partial charge is 0.332 e. The standard InChI is InChI=1S/C25H13N3O5/c29-20-12-21(30)18-10-14(6-8-16(18)20)15-7-9-17-19(11-15)24(32)28(23(17)31)25-27-26-22(33-25)13-4-2-1-3-5-13/h1-11H,12H2. The fourth-order valence-corrected chi connectivity index (χ4v) is 4.13. The Hall–Kier alpha value is -4.72. The minimum absolute atomic E-state index is 0.125. The quantitative estimate of drug-likeness (QED) is 0.354. The third-order valence-electron chi connectivity index (χ3n) is 5.79. The second-order valence-electron chi connectivity index (χ2n) is 7.75. The van der Waals surface area contributed by atoms with Crippen molar-refractivity contribution in [2.24, 2.45) is 0 Å². The van der Waals surface area contributed by atoms with Gasteiger partial charge in [0.2, 0.25) is 5.89 Å². The molecule has 2 aliphatic rings. The molecule has 0 spiro atoms. The van der Waals surface area contributed by atoms with Gasteiger partial charge < -0.3 is 4.42 Å². The first-order valence-electron chi connectivity index (χ1n) is 10.1. The van der Waals surface area contributed by atoms with Crippen molar-refractivity contribution in [1.82, 2.24) is 10.2 Å². The Bertz CT molecular complexity index is 1520. The normalized spacial score (nSPS) is 14.7. The van der Waals surface area contributed by atoms with E-state index >= 15 is 0 Å². The van der Waals surface area contributed by atoms with E-state index in [9.17, 15) is 19.2 Å². The minimum Gasteiger partial charge on any atom is -0.403 e. The highest BCUT2D eigenvalue weighted by Crippen LogP contribution is 2.34. The molecule has 1 aliphatic heterocycles. The molecule has 0 saturated heterocycles. The lowest BCUT2D eigenvalue weighted by Gasteiger charge is -2.06. The van der Waals surface area contributed by atoms with Gasteiger partial charge in [0.05, 0.1) is 17.5 Å². The number of ketones is 2. The summed E-state index contributed by atoms with van der Waals surface area (Å²) in [7, 11) is 0. The molecule has 8 nitrogen and oxygen atoms in total. The molecule has 6 rings (SSSR count). The van der Waals surface area contributed by atoms with E-state index in [1.54, 1.807) is 48.5 Å². The van der Waals surface area contributed by atoms with Gasteiger partial charge in [0.25, 0.3) is 11.8 Å². The van der Waals surface area contributed by atoms with Crippen molar-refractivity contribution in [3.05, 3.63) is 89.0 Å². The van der Waals surface area contributed by atoms with E-state index in [-0.39, 0.29) is 41.0 Å². The Morgan fingerprint density at radius 1 is 0.636 bits per heavy atom. The van der Waals surface area contributed by atoms with Gasteiger partial charge in [-0.05, 0) is 41.5 Å². The Morgan fingerprint density at radius 2 is 1.27 bits per heavy atom. The summed E-state index contributed by atoms with van der Waals surface area (Å²) < 4.78 is 5.61. The number of nitrogens with zero attached hydrogens (tertiary/aromatic N) is 3. The Labute approximate surface area is 186 Å². The maximum Gasteiger partial charge on any atom is 0.332 e. The van der Waals surface area contributed by atoms with Crippen molar-refractivity contribution in [3.8, 4) is 22.6 Å². The number of fused-ring (bicyclic) bond motifs is 2. The number of hydrogen-bond acceptors (Lipinski definition) is 7. The fourth-order valence-electron chi connectivity index (χ4n) is 4.13. The largest absolute Gasteiger partial charge is 0.403 e. The van der Waals surface area contributed by atoms with Gasteiger partial charge in [-0.15, -0.1) is 5.10 Å². The summed E-state index contributed by atoms with van der Waals surface area (Å²) in [5.74, 6) is -1.35. The third-order valence-corrected chi connectivity index (χ3v) is 5.79. The molecule has 0 fully saturated rings. The molecule has 4 aromatic rings. The maximum atomic E-state index is 13.1. The molecule has 8 heteroatoms. The predicted octanol–water partition coefficient (Wildman–Crippen LogP) is 3.97. The van der Waals surface area contributed by atoms with E-state index in [1.165, 1.54) is 0 Å². The SMILES string of the molecule is O=C1CC(=O)c2cc(-c3ccc4c(c3)C(=O)N(c3nnc(-c5ccccc5)o3)C4=O)ccc21. The monoisotopic (exact) mass is 435 g/mol. The van der Waals surface area contributed by atoms with Gasteiger partial charge in [0.1, 0.15) is 0 Å². The van der Waals surface area contributed by atoms with Crippen LogP contribution >= 0.6 is 0 Å². The number of rotatable bonds is 3. The fraction of sp³-hybridized carbons (Fsp3) is 0.0400. The van der Waals surface area contributed by atoms with Gasteiger partial charge in [-0.3, -0.25) is 19.2 Å². The number of aromatic nitrogens is 2. The lowest BCUT2D eigenvalue weighted by molar-refractivity contribution is 0.0904. The zero-order chi connectivity index (χ0) is 22.7. The first-order chi connectivity index (χ1) is 16.0. The molecule has 0 bridgehead atoms. The molecular weight excluding hydrogens is 422 g/mol. The summed E-state index contributed by atoms with van der Waals surface area (Å²) in [6, 6.07) is 18.6. The zero-order valence-electron chi connectivity index (χ0n) is 16.9. The van der Waals surface area contributed by atoms with Crippen LogP contribution in [0.4, 0.5) is 6.01 Å². The minimum atomic E-state index is -0.576. The Morgan fingerprint density at radius 3 is 2.03 bits per heavy atom. The van der Waals surface area contributed by atoms with Crippen molar-refractivity contribution in [2.45, 2.75) is 6.42 Å². The van der Waals surface area contributed by atoms with E-state index in [1.807, 2.05) is 18.2 Å². The number of imide groups is 1. The Balaban J connectivity index is 1.36. The summed E-state index contributed by atoms with van der Waals surface area (Å²) >= 11 is 0. The molecule has 0 saturated carbocycles. The predicted molar refractivity (Wildman–Crippen MR) is 116 cm³/mol. The van der Waals surface area contributed by atoms with Gasteiger partial charge in [0.15, 0.2) is 11.6 Å². The molecule has 0 N–H and O–H groups in total. The molecule has 0 radical (unpaired) electrons. The first kappa shape index (κ1) is 19.0. The van der Waals surface area contributed by atoms with Crippen molar-refractivity contribution in [2.75, 3.05) is 4.90 Å². The zero-order valence-corrected chi connectivity index (χ0v) is 16.9. The average molecular weight is 435 g/mol. The van der Waals surface area contributed by atoms with Crippen molar-refractivity contribution >= 4 is 29.4 Å². The first-order valence-corrected chi connectivity index (χ1v) is 10.1. The van der Waals surface area contributed by atoms with Gasteiger partial charge in [-0.2, -0.15) is 4.90 Å². The molecule has 2 heterocycles. The number of hydrogen-bond donors (Lipinski definition) is 0. The van der Waals surface area contributed by atoms with Gasteiger partial charge in [0, 0.05) is 16.7 Å². The highest BCUT2D eigenvalue weighted by Gasteiger charge is 2.40. The van der Waals surface area contributed by atoms with E-state index in [0.29, 0.717) is 27.8 Å². The van der Waals surface area contributed by atoms with E-state index in [0.717, 1.165) is 4.90 Å². The number of anilines is 1. The van der Waals surface area contributed by atoms with Crippen LogP contribution < -0.4 is 4.90 Å². The summed E-state index contributed by atoms with van der Waals surface area (Å²) in [5.41, 5.74) is 3.18. The summed E-state index contributed by atoms with van der Waals surface area (Å²) in [4.78, 5) is 50.9. The highest BCUT2D eigenvalue weighted by atomic mass is 16.4. The highest BCUT2D eigenvalue weighted by molar-refractivity contribution is 6.34. The van der Waals surface area contributed by atoms with Crippen LogP contribution in [0.2, 0.25) is 0 Å². The summed E-state index contributed by atoms with van der Waals surface area (Å²) in [6.45, 7) is 0. The molecule has 1 aromatic heterocycles. The van der Waals surface area contributed by atoms with Crippen LogP contribution in [0.1, 0.15) is 47.9 Å². The third kappa shape index (κ3) is 2.85. The number of amides is 2. The number of Topliss-reactive ketones (excluding diaryl/α,β-unsaturated/α-hetero) is 2. The number of carbonyl (C=O) groups is 4. The van der Waals surface area contributed by atoms with Crippen LogP contribution in [0.5, 0.6) is 0 Å². The van der Waals surface area contributed by atoms with Crippen LogP contribution in [0.15, 0.2) is 71.1 Å². The Kier molecular flexibility index (Phi) is 3.97. The van der Waals surface area contributed by atoms with E-state index in [4.69, 9.17) is 4.42 Å². The molecule has 158 valence electrons. The molecule has 0 atom stereocenters. The molecule has 2 amide bonds. The van der Waals surface area contributed by atoms with Crippen LogP contribution in [-0.2, 0) is 0 Å². The van der Waals surface area contributed by atoms with Gasteiger partial charge in [-0.1, -0.05) is 41.5 Å². The van der Waals surface area contributed by atoms with Crippen LogP contribution in [0.25, 0.3) is 22.6 Å². The second kappa shape index (κ2) is 6.89. The van der Waals surface area contributed by atoms with Crippen LogP contribution in [-0.4, -0.2) is 33.6 Å². The summed E-state index contributed by atoms with van der Waals surface area (Å²) in [6.07, 6.45) is -0.125. The molecule has 1 aliphatic carbocycles. The van der Waals surface area contributed by atoms with Gasteiger partial charge in [-0.25, -0.2) is 0 Å². The van der Waals surface area contributed by atoms with E-state index < -0.39 is 11.8 Å². The summed E-state index contributed by atoms with van der Waals surface area (Å²) in [5, 5.41) is 7.84. The van der Waals surface area contributed by atoms with Crippen molar-refractivity contribution < 1.29 is 23.6 Å². The lowest BCUT2D eigenvalue weighted by atomic mass is 9.97. The van der Waals surface area contributed by atoms with Crippen LogP contribution in [0.3, 0.4) is 0 Å². The van der Waals surface area contributed by atoms with Crippen LogP contribution in [0, 0.1) is 0 Å². The second-order valence-corrected chi connectivity index (χ2v) is 7.75. The molecule has 3 aromatic carbocycles. The van der Waals surface area contributed by atoms with Crippen molar-refractivity contribution in [1.29, 1.82) is 0 Å². The number of benzene rings is 3. The molecule has 0 unspecified atom stereocenters. The number of carbonyl (C=O) groups excluding carboxylic acids is 4. The lowest BCUT2D eigenvalue weighted by Crippen LogP contribution is -2.29. The average Bonchev–Trinajstić information content (AvgIpc) is 3.50. The topological polar surface area (TPSA) is 110 Å². The maximum absolute atomic E-state index is 13.1.